The van der Waals surface area contributed by atoms with E-state index in [2.05, 4.69) is 5.32 Å². The highest BCUT2D eigenvalue weighted by Gasteiger charge is 2.48. The molecule has 0 saturated carbocycles. The highest BCUT2D eigenvalue weighted by molar-refractivity contribution is 6.00. The number of hydrogen-bond donors (Lipinski definition) is 1. The molecule has 1 aliphatic heterocycles. The van der Waals surface area contributed by atoms with Gasteiger partial charge in [-0.15, -0.1) is 0 Å². The maximum absolute atomic E-state index is 13.2. The van der Waals surface area contributed by atoms with Gasteiger partial charge in [-0.1, -0.05) is 69.3 Å². The van der Waals surface area contributed by atoms with Crippen LogP contribution in [-0.4, -0.2) is 22.9 Å². The molecule has 2 amide bonds. The van der Waals surface area contributed by atoms with Gasteiger partial charge in [0.2, 0.25) is 5.91 Å². The number of rotatable bonds is 2. The summed E-state index contributed by atoms with van der Waals surface area (Å²) in [6, 6.07) is 18.0. The molecule has 2 atom stereocenters. The number of carbonyl (C=O) groups excluding carboxylic acids is 2. The Hall–Kier alpha value is -2.62. The first-order valence-corrected chi connectivity index (χ1v) is 8.12. The van der Waals surface area contributed by atoms with Crippen LogP contribution >= 0.6 is 0 Å². The number of amides is 2. The van der Waals surface area contributed by atoms with Gasteiger partial charge in [0, 0.05) is 11.0 Å². The van der Waals surface area contributed by atoms with E-state index in [4.69, 9.17) is 0 Å². The summed E-state index contributed by atoms with van der Waals surface area (Å²) in [5.74, 6) is -0.270. The standard InChI is InChI=1S/C20H22N2O2/c1-20(2,3)19-21-17(23)16(14-10-6-4-7-11-14)22(19)18(24)15-12-8-5-9-13-15/h4-13,16,19H,1-3H3,(H,21,23). The van der Waals surface area contributed by atoms with Crippen molar-refractivity contribution in [3.8, 4) is 0 Å². The van der Waals surface area contributed by atoms with Crippen LogP contribution in [0.5, 0.6) is 0 Å². The molecule has 0 aliphatic carbocycles. The zero-order chi connectivity index (χ0) is 17.3. The third-order valence-corrected chi connectivity index (χ3v) is 4.27. The molecule has 0 aromatic heterocycles. The fourth-order valence-electron chi connectivity index (χ4n) is 3.10. The van der Waals surface area contributed by atoms with Crippen LogP contribution in [0.2, 0.25) is 0 Å². The molecule has 0 bridgehead atoms. The largest absolute Gasteiger partial charge is 0.333 e. The molecule has 24 heavy (non-hydrogen) atoms. The average molecular weight is 322 g/mol. The molecule has 3 rings (SSSR count). The van der Waals surface area contributed by atoms with Crippen molar-refractivity contribution in [1.82, 2.24) is 10.2 Å². The van der Waals surface area contributed by atoms with Gasteiger partial charge in [-0.25, -0.2) is 0 Å². The predicted octanol–water partition coefficient (Wildman–Crippen LogP) is 3.37. The predicted molar refractivity (Wildman–Crippen MR) is 93.2 cm³/mol. The van der Waals surface area contributed by atoms with E-state index < -0.39 is 6.04 Å². The van der Waals surface area contributed by atoms with E-state index >= 15 is 0 Å². The van der Waals surface area contributed by atoms with Gasteiger partial charge in [-0.2, -0.15) is 0 Å². The van der Waals surface area contributed by atoms with Crippen molar-refractivity contribution in [1.29, 1.82) is 0 Å². The van der Waals surface area contributed by atoms with Crippen LogP contribution in [0.3, 0.4) is 0 Å². The second-order valence-corrected chi connectivity index (χ2v) is 7.17. The molecule has 0 spiro atoms. The van der Waals surface area contributed by atoms with E-state index in [1.54, 1.807) is 17.0 Å². The lowest BCUT2D eigenvalue weighted by Crippen LogP contribution is -2.49. The van der Waals surface area contributed by atoms with Gasteiger partial charge in [-0.3, -0.25) is 9.59 Å². The molecular formula is C20H22N2O2. The Bertz CT molecular complexity index is 735. The number of nitrogens with one attached hydrogen (secondary N) is 1. The Labute approximate surface area is 142 Å². The first-order chi connectivity index (χ1) is 11.4. The van der Waals surface area contributed by atoms with E-state index in [1.165, 1.54) is 0 Å². The maximum atomic E-state index is 13.2. The molecular weight excluding hydrogens is 300 g/mol. The molecule has 4 nitrogen and oxygen atoms in total. The van der Waals surface area contributed by atoms with E-state index in [1.807, 2.05) is 69.3 Å². The number of hydrogen-bond acceptors (Lipinski definition) is 2. The summed E-state index contributed by atoms with van der Waals surface area (Å²) in [5, 5.41) is 3.01. The lowest BCUT2D eigenvalue weighted by Gasteiger charge is -2.36. The van der Waals surface area contributed by atoms with Gasteiger partial charge >= 0.3 is 0 Å². The summed E-state index contributed by atoms with van der Waals surface area (Å²) >= 11 is 0. The highest BCUT2D eigenvalue weighted by atomic mass is 16.2. The van der Waals surface area contributed by atoms with Crippen LogP contribution in [0.15, 0.2) is 60.7 Å². The first-order valence-electron chi connectivity index (χ1n) is 8.12. The molecule has 2 unspecified atom stereocenters. The van der Waals surface area contributed by atoms with Crippen molar-refractivity contribution in [2.24, 2.45) is 5.41 Å². The van der Waals surface area contributed by atoms with Crippen LogP contribution in [-0.2, 0) is 4.79 Å². The van der Waals surface area contributed by atoms with Crippen LogP contribution in [0.1, 0.15) is 42.7 Å². The zero-order valence-corrected chi connectivity index (χ0v) is 14.2. The van der Waals surface area contributed by atoms with Crippen LogP contribution in [0.25, 0.3) is 0 Å². The maximum Gasteiger partial charge on any atom is 0.256 e. The van der Waals surface area contributed by atoms with Gasteiger partial charge in [-0.05, 0) is 17.7 Å². The quantitative estimate of drug-likeness (QED) is 0.921. The average Bonchev–Trinajstić information content (AvgIpc) is 2.93. The molecule has 2 aromatic carbocycles. The minimum atomic E-state index is -0.608. The molecule has 1 saturated heterocycles. The number of carbonyl (C=O) groups is 2. The lowest BCUT2D eigenvalue weighted by atomic mass is 9.91. The Morgan fingerprint density at radius 2 is 1.50 bits per heavy atom. The minimum absolute atomic E-state index is 0.134. The van der Waals surface area contributed by atoms with Crippen molar-refractivity contribution in [3.05, 3.63) is 71.8 Å². The highest BCUT2D eigenvalue weighted by Crippen LogP contribution is 2.36. The molecule has 124 valence electrons. The van der Waals surface area contributed by atoms with E-state index in [9.17, 15) is 9.59 Å². The summed E-state index contributed by atoms with van der Waals surface area (Å²) in [7, 11) is 0. The van der Waals surface area contributed by atoms with Crippen molar-refractivity contribution < 1.29 is 9.59 Å². The van der Waals surface area contributed by atoms with Gasteiger partial charge in [0.25, 0.3) is 5.91 Å². The van der Waals surface area contributed by atoms with Crippen LogP contribution in [0, 0.1) is 5.41 Å². The molecule has 1 heterocycles. The van der Waals surface area contributed by atoms with E-state index in [-0.39, 0.29) is 23.4 Å². The van der Waals surface area contributed by atoms with Crippen molar-refractivity contribution in [3.63, 3.8) is 0 Å². The Morgan fingerprint density at radius 1 is 0.958 bits per heavy atom. The molecule has 0 radical (unpaired) electrons. The van der Waals surface area contributed by atoms with Crippen LogP contribution in [0.4, 0.5) is 0 Å². The van der Waals surface area contributed by atoms with E-state index in [0.717, 1.165) is 5.56 Å². The van der Waals surface area contributed by atoms with Crippen molar-refractivity contribution in [2.45, 2.75) is 33.0 Å². The summed E-state index contributed by atoms with van der Waals surface area (Å²) in [4.78, 5) is 27.5. The van der Waals surface area contributed by atoms with Crippen molar-refractivity contribution >= 4 is 11.8 Å². The molecule has 1 N–H and O–H groups in total. The normalized spacial score (nSPS) is 20.8. The van der Waals surface area contributed by atoms with E-state index in [0.29, 0.717) is 5.56 Å². The second kappa shape index (κ2) is 6.11. The fraction of sp³-hybridized carbons (Fsp3) is 0.300. The fourth-order valence-corrected chi connectivity index (χ4v) is 3.10. The van der Waals surface area contributed by atoms with Gasteiger partial charge in [0.1, 0.15) is 12.2 Å². The Balaban J connectivity index is 2.07. The monoisotopic (exact) mass is 322 g/mol. The molecule has 1 aliphatic rings. The SMILES string of the molecule is CC(C)(C)C1NC(=O)C(c2ccccc2)N1C(=O)c1ccccc1. The van der Waals surface area contributed by atoms with Crippen molar-refractivity contribution in [2.75, 3.05) is 0 Å². The van der Waals surface area contributed by atoms with Gasteiger partial charge in [0.05, 0.1) is 0 Å². The second-order valence-electron chi connectivity index (χ2n) is 7.17. The Morgan fingerprint density at radius 3 is 2.04 bits per heavy atom. The zero-order valence-electron chi connectivity index (χ0n) is 14.2. The van der Waals surface area contributed by atoms with Crippen LogP contribution < -0.4 is 5.32 Å². The Kier molecular flexibility index (Phi) is 4.14. The summed E-state index contributed by atoms with van der Waals surface area (Å²) in [6.45, 7) is 6.07. The van der Waals surface area contributed by atoms with Gasteiger partial charge < -0.3 is 10.2 Å². The molecule has 2 aromatic rings. The smallest absolute Gasteiger partial charge is 0.256 e. The topological polar surface area (TPSA) is 49.4 Å². The first kappa shape index (κ1) is 16.2. The van der Waals surface area contributed by atoms with Gasteiger partial charge in [0.15, 0.2) is 0 Å². The summed E-state index contributed by atoms with van der Waals surface area (Å²) in [6.07, 6.45) is -0.358. The lowest BCUT2D eigenvalue weighted by molar-refractivity contribution is -0.121. The molecule has 4 heteroatoms. The summed E-state index contributed by atoms with van der Waals surface area (Å²) in [5.41, 5.74) is 1.14. The third kappa shape index (κ3) is 2.92. The third-order valence-electron chi connectivity index (χ3n) is 4.27. The number of benzene rings is 2. The summed E-state index contributed by atoms with van der Waals surface area (Å²) < 4.78 is 0. The minimum Gasteiger partial charge on any atom is -0.333 e. The molecule has 1 fully saturated rings. The number of nitrogens with zero attached hydrogens (tertiary/aromatic N) is 1.